The van der Waals surface area contributed by atoms with Gasteiger partial charge in [-0.25, -0.2) is 4.98 Å². The largest absolute Gasteiger partial charge is 0.497 e. The lowest BCUT2D eigenvalue weighted by Gasteiger charge is -2.17. The summed E-state index contributed by atoms with van der Waals surface area (Å²) in [6.45, 7) is 4.02. The maximum absolute atomic E-state index is 5.92. The van der Waals surface area contributed by atoms with Gasteiger partial charge in [0, 0.05) is 5.69 Å². The third-order valence-corrected chi connectivity index (χ3v) is 3.03. The molecule has 0 saturated carbocycles. The number of rotatable bonds is 4. The summed E-state index contributed by atoms with van der Waals surface area (Å²) in [5.41, 5.74) is 8.67. The van der Waals surface area contributed by atoms with Gasteiger partial charge in [0.2, 0.25) is 0 Å². The zero-order valence-electron chi connectivity index (χ0n) is 11.5. The highest BCUT2D eigenvalue weighted by molar-refractivity contribution is 5.62. The van der Waals surface area contributed by atoms with Gasteiger partial charge in [0.15, 0.2) is 0 Å². The molecule has 2 rings (SSSR count). The topological polar surface area (TPSA) is 60.2 Å². The fraction of sp³-hybridized carbons (Fsp3) is 0.267. The van der Waals surface area contributed by atoms with Gasteiger partial charge in [0.25, 0.3) is 0 Å². The highest BCUT2D eigenvalue weighted by Gasteiger charge is 2.08. The highest BCUT2D eigenvalue weighted by atomic mass is 16.5. The molecule has 0 aliphatic rings. The van der Waals surface area contributed by atoms with Crippen molar-refractivity contribution < 1.29 is 4.74 Å². The summed E-state index contributed by atoms with van der Waals surface area (Å²) in [6, 6.07) is 11.8. The first kappa shape index (κ1) is 13.2. The van der Waals surface area contributed by atoms with Crippen molar-refractivity contribution >= 4 is 11.5 Å². The Labute approximate surface area is 113 Å². The minimum absolute atomic E-state index is 0.127. The van der Waals surface area contributed by atoms with Crippen molar-refractivity contribution in [3.63, 3.8) is 0 Å². The number of aryl methyl sites for hydroxylation is 1. The van der Waals surface area contributed by atoms with E-state index in [1.54, 1.807) is 7.11 Å². The van der Waals surface area contributed by atoms with E-state index in [-0.39, 0.29) is 6.04 Å². The molecule has 0 saturated heterocycles. The van der Waals surface area contributed by atoms with Crippen LogP contribution in [0.3, 0.4) is 0 Å². The fourth-order valence-corrected chi connectivity index (χ4v) is 1.86. The first-order valence-corrected chi connectivity index (χ1v) is 6.24. The summed E-state index contributed by atoms with van der Waals surface area (Å²) in [7, 11) is 1.66. The number of nitrogen functional groups attached to an aromatic ring is 1. The Bertz CT molecular complexity index is 552. The zero-order valence-corrected chi connectivity index (χ0v) is 11.5. The normalized spacial score (nSPS) is 11.9. The average Bonchev–Trinajstić information content (AvgIpc) is 2.43. The van der Waals surface area contributed by atoms with Crippen molar-refractivity contribution in [2.45, 2.75) is 19.9 Å². The Kier molecular flexibility index (Phi) is 3.90. The molecule has 0 aliphatic carbocycles. The van der Waals surface area contributed by atoms with Crippen LogP contribution in [-0.4, -0.2) is 12.1 Å². The van der Waals surface area contributed by atoms with Crippen LogP contribution in [-0.2, 0) is 0 Å². The lowest BCUT2D eigenvalue weighted by atomic mass is 10.1. The van der Waals surface area contributed by atoms with Gasteiger partial charge >= 0.3 is 0 Å². The maximum atomic E-state index is 5.92. The van der Waals surface area contributed by atoms with E-state index >= 15 is 0 Å². The number of pyridine rings is 1. The molecule has 0 fully saturated rings. The summed E-state index contributed by atoms with van der Waals surface area (Å²) in [6.07, 6.45) is 0. The van der Waals surface area contributed by atoms with Crippen LogP contribution in [0.2, 0.25) is 0 Å². The van der Waals surface area contributed by atoms with Gasteiger partial charge in [-0.3, -0.25) is 0 Å². The van der Waals surface area contributed by atoms with Crippen LogP contribution >= 0.6 is 0 Å². The van der Waals surface area contributed by atoms with E-state index in [1.807, 2.05) is 43.3 Å². The van der Waals surface area contributed by atoms with Crippen molar-refractivity contribution in [3.8, 4) is 5.75 Å². The van der Waals surface area contributed by atoms with Gasteiger partial charge in [-0.2, -0.15) is 0 Å². The van der Waals surface area contributed by atoms with Crippen LogP contribution in [0.1, 0.15) is 24.2 Å². The van der Waals surface area contributed by atoms with E-state index < -0.39 is 0 Å². The number of ether oxygens (including phenoxy) is 1. The molecule has 1 unspecified atom stereocenters. The van der Waals surface area contributed by atoms with Crippen LogP contribution in [0, 0.1) is 6.92 Å². The summed E-state index contributed by atoms with van der Waals surface area (Å²) in [5.74, 6) is 1.58. The molecule has 3 N–H and O–H groups in total. The fourth-order valence-electron chi connectivity index (χ4n) is 1.86. The Morgan fingerprint density at radius 3 is 2.47 bits per heavy atom. The molecule has 0 bridgehead atoms. The molecule has 2 aromatic rings. The van der Waals surface area contributed by atoms with Crippen molar-refractivity contribution in [1.82, 2.24) is 4.98 Å². The van der Waals surface area contributed by atoms with Crippen molar-refractivity contribution in [2.75, 3.05) is 18.2 Å². The molecule has 1 heterocycles. The molecule has 4 heteroatoms. The van der Waals surface area contributed by atoms with E-state index in [4.69, 9.17) is 10.5 Å². The molecule has 0 spiro atoms. The Morgan fingerprint density at radius 2 is 1.84 bits per heavy atom. The number of nitrogens with two attached hydrogens (primary N) is 1. The SMILES string of the molecule is COc1ccc(C(C)Nc2nc(C)ccc2N)cc1. The molecule has 0 radical (unpaired) electrons. The second-order valence-electron chi connectivity index (χ2n) is 4.53. The van der Waals surface area contributed by atoms with E-state index in [1.165, 1.54) is 0 Å². The molecule has 0 aliphatic heterocycles. The smallest absolute Gasteiger partial charge is 0.149 e. The van der Waals surface area contributed by atoms with Crippen LogP contribution in [0.15, 0.2) is 36.4 Å². The predicted molar refractivity (Wildman–Crippen MR) is 78.4 cm³/mol. The first-order valence-electron chi connectivity index (χ1n) is 6.24. The van der Waals surface area contributed by atoms with Crippen LogP contribution < -0.4 is 15.8 Å². The molecule has 19 heavy (non-hydrogen) atoms. The van der Waals surface area contributed by atoms with Gasteiger partial charge in [-0.15, -0.1) is 0 Å². The third kappa shape index (κ3) is 3.16. The van der Waals surface area contributed by atoms with E-state index in [0.29, 0.717) is 5.69 Å². The Hall–Kier alpha value is -2.23. The molecular weight excluding hydrogens is 238 g/mol. The number of aromatic nitrogens is 1. The number of hydrogen-bond donors (Lipinski definition) is 2. The third-order valence-electron chi connectivity index (χ3n) is 3.03. The summed E-state index contributed by atoms with van der Waals surface area (Å²) in [4.78, 5) is 4.41. The van der Waals surface area contributed by atoms with Gasteiger partial charge in [0.1, 0.15) is 11.6 Å². The second-order valence-corrected chi connectivity index (χ2v) is 4.53. The first-order chi connectivity index (χ1) is 9.10. The van der Waals surface area contributed by atoms with E-state index in [2.05, 4.69) is 17.2 Å². The number of hydrogen-bond acceptors (Lipinski definition) is 4. The van der Waals surface area contributed by atoms with Gasteiger partial charge < -0.3 is 15.8 Å². The lowest BCUT2D eigenvalue weighted by molar-refractivity contribution is 0.414. The molecule has 0 amide bonds. The number of anilines is 2. The molecule has 1 aromatic heterocycles. The Morgan fingerprint density at radius 1 is 1.16 bits per heavy atom. The molecule has 1 atom stereocenters. The number of methoxy groups -OCH3 is 1. The van der Waals surface area contributed by atoms with Crippen molar-refractivity contribution in [2.24, 2.45) is 0 Å². The minimum atomic E-state index is 0.127. The van der Waals surface area contributed by atoms with Crippen molar-refractivity contribution in [1.29, 1.82) is 0 Å². The van der Waals surface area contributed by atoms with Gasteiger partial charge in [0.05, 0.1) is 18.8 Å². The van der Waals surface area contributed by atoms with Gasteiger partial charge in [-0.1, -0.05) is 12.1 Å². The quantitative estimate of drug-likeness (QED) is 0.883. The van der Waals surface area contributed by atoms with Crippen LogP contribution in [0.5, 0.6) is 5.75 Å². The summed E-state index contributed by atoms with van der Waals surface area (Å²) in [5, 5.41) is 3.33. The van der Waals surface area contributed by atoms with E-state index in [9.17, 15) is 0 Å². The molecular formula is C15H19N3O. The monoisotopic (exact) mass is 257 g/mol. The standard InChI is InChI=1S/C15H19N3O/c1-10-4-9-14(16)15(17-10)18-11(2)12-5-7-13(19-3)8-6-12/h4-9,11H,16H2,1-3H3,(H,17,18). The molecule has 100 valence electrons. The second kappa shape index (κ2) is 5.61. The zero-order chi connectivity index (χ0) is 13.8. The highest BCUT2D eigenvalue weighted by Crippen LogP contribution is 2.23. The van der Waals surface area contributed by atoms with E-state index in [0.717, 1.165) is 22.8 Å². The molecule has 1 aromatic carbocycles. The number of nitrogens with zero attached hydrogens (tertiary/aromatic N) is 1. The minimum Gasteiger partial charge on any atom is -0.497 e. The van der Waals surface area contributed by atoms with Crippen LogP contribution in [0.4, 0.5) is 11.5 Å². The molecule has 4 nitrogen and oxygen atoms in total. The Balaban J connectivity index is 2.15. The predicted octanol–water partition coefficient (Wildman–Crippen LogP) is 3.15. The average molecular weight is 257 g/mol. The lowest BCUT2D eigenvalue weighted by Crippen LogP contribution is -2.10. The van der Waals surface area contributed by atoms with Gasteiger partial charge in [-0.05, 0) is 43.7 Å². The summed E-state index contributed by atoms with van der Waals surface area (Å²) < 4.78 is 5.15. The van der Waals surface area contributed by atoms with Crippen LogP contribution in [0.25, 0.3) is 0 Å². The van der Waals surface area contributed by atoms with Crippen molar-refractivity contribution in [3.05, 3.63) is 47.7 Å². The summed E-state index contributed by atoms with van der Waals surface area (Å²) >= 11 is 0. The maximum Gasteiger partial charge on any atom is 0.149 e. The number of nitrogens with one attached hydrogen (secondary N) is 1. The number of benzene rings is 1.